The Morgan fingerprint density at radius 2 is 1.96 bits per heavy atom. The molecule has 2 N–H and O–H groups in total. The molecular formula is C18H13F3N4O3. The molecule has 0 saturated carbocycles. The van der Waals surface area contributed by atoms with Crippen molar-refractivity contribution in [1.82, 2.24) is 15.0 Å². The number of carboxylic acids is 1. The van der Waals surface area contributed by atoms with Crippen molar-refractivity contribution >= 4 is 17.5 Å². The van der Waals surface area contributed by atoms with Crippen LogP contribution in [0, 0.1) is 0 Å². The van der Waals surface area contributed by atoms with Crippen molar-refractivity contribution in [3.63, 3.8) is 0 Å². The van der Waals surface area contributed by atoms with Crippen molar-refractivity contribution < 1.29 is 27.8 Å². The standard InChI is InChI=1S/C18H13F3N4O3/c1-28-13-5-4-10(17(26)27)7-12(13)23-15-8-14(18(19,20)21)24-16(25-15)11-3-2-6-22-9-11/h2-9H,1H3,(H,26,27)(H,23,24,25). The molecule has 0 amide bonds. The van der Waals surface area contributed by atoms with E-state index in [0.29, 0.717) is 5.56 Å². The molecule has 1 aromatic carbocycles. The highest BCUT2D eigenvalue weighted by molar-refractivity contribution is 5.90. The van der Waals surface area contributed by atoms with E-state index >= 15 is 0 Å². The Labute approximate surface area is 156 Å². The Hall–Kier alpha value is -3.69. The van der Waals surface area contributed by atoms with Crippen LogP contribution in [0.2, 0.25) is 0 Å². The van der Waals surface area contributed by atoms with Crippen molar-refractivity contribution in [2.45, 2.75) is 6.18 Å². The Kier molecular flexibility index (Phi) is 5.12. The van der Waals surface area contributed by atoms with E-state index in [4.69, 9.17) is 9.84 Å². The fourth-order valence-electron chi connectivity index (χ4n) is 2.36. The minimum absolute atomic E-state index is 0.0686. The minimum atomic E-state index is -4.71. The molecule has 3 aromatic rings. The highest BCUT2D eigenvalue weighted by Gasteiger charge is 2.34. The third-order valence-electron chi connectivity index (χ3n) is 3.65. The third kappa shape index (κ3) is 4.17. The summed E-state index contributed by atoms with van der Waals surface area (Å²) in [7, 11) is 1.35. The number of ether oxygens (including phenoxy) is 1. The van der Waals surface area contributed by atoms with Crippen LogP contribution in [0.5, 0.6) is 5.75 Å². The summed E-state index contributed by atoms with van der Waals surface area (Å²) in [5.74, 6) is -1.32. The van der Waals surface area contributed by atoms with Crippen LogP contribution in [0.3, 0.4) is 0 Å². The molecule has 2 heterocycles. The molecule has 0 saturated heterocycles. The van der Waals surface area contributed by atoms with Gasteiger partial charge in [-0.3, -0.25) is 4.98 Å². The number of pyridine rings is 1. The molecule has 2 aromatic heterocycles. The summed E-state index contributed by atoms with van der Waals surface area (Å²) in [4.78, 5) is 22.7. The van der Waals surface area contributed by atoms with Gasteiger partial charge in [-0.25, -0.2) is 14.8 Å². The van der Waals surface area contributed by atoms with E-state index in [0.717, 1.165) is 6.07 Å². The van der Waals surface area contributed by atoms with Crippen molar-refractivity contribution in [3.8, 4) is 17.1 Å². The van der Waals surface area contributed by atoms with E-state index in [1.165, 1.54) is 43.8 Å². The summed E-state index contributed by atoms with van der Waals surface area (Å²) < 4.78 is 45.0. The van der Waals surface area contributed by atoms with Gasteiger partial charge >= 0.3 is 12.1 Å². The Morgan fingerprint density at radius 3 is 2.57 bits per heavy atom. The van der Waals surface area contributed by atoms with Crippen molar-refractivity contribution in [1.29, 1.82) is 0 Å². The van der Waals surface area contributed by atoms with Gasteiger partial charge in [-0.2, -0.15) is 13.2 Å². The average Bonchev–Trinajstić information content (AvgIpc) is 2.67. The molecule has 0 fully saturated rings. The van der Waals surface area contributed by atoms with Gasteiger partial charge in [0.1, 0.15) is 11.6 Å². The lowest BCUT2D eigenvalue weighted by Gasteiger charge is -2.14. The number of nitrogens with zero attached hydrogens (tertiary/aromatic N) is 3. The van der Waals surface area contributed by atoms with E-state index in [-0.39, 0.29) is 28.6 Å². The second kappa shape index (κ2) is 7.51. The molecular weight excluding hydrogens is 377 g/mol. The van der Waals surface area contributed by atoms with Gasteiger partial charge in [0.2, 0.25) is 0 Å². The fourth-order valence-corrected chi connectivity index (χ4v) is 2.36. The van der Waals surface area contributed by atoms with Gasteiger partial charge in [0, 0.05) is 24.0 Å². The molecule has 0 spiro atoms. The molecule has 7 nitrogen and oxygen atoms in total. The normalized spacial score (nSPS) is 11.1. The number of hydrogen-bond donors (Lipinski definition) is 2. The summed E-state index contributed by atoms with van der Waals surface area (Å²) in [6.07, 6.45) is -1.90. The van der Waals surface area contributed by atoms with Gasteiger partial charge in [-0.1, -0.05) is 0 Å². The molecule has 0 bridgehead atoms. The number of alkyl halides is 3. The average molecular weight is 390 g/mol. The van der Waals surface area contributed by atoms with Crippen molar-refractivity contribution in [3.05, 3.63) is 60.0 Å². The summed E-state index contributed by atoms with van der Waals surface area (Å²) in [6, 6.07) is 7.74. The molecule has 0 aliphatic rings. The van der Waals surface area contributed by atoms with Crippen LogP contribution in [-0.4, -0.2) is 33.1 Å². The maximum atomic E-state index is 13.3. The van der Waals surface area contributed by atoms with Crippen LogP contribution in [0.15, 0.2) is 48.8 Å². The van der Waals surface area contributed by atoms with Gasteiger partial charge in [-0.15, -0.1) is 0 Å². The second-order valence-corrected chi connectivity index (χ2v) is 5.55. The first-order valence-electron chi connectivity index (χ1n) is 7.83. The smallest absolute Gasteiger partial charge is 0.433 e. The molecule has 0 unspecified atom stereocenters. The van der Waals surface area contributed by atoms with E-state index < -0.39 is 17.8 Å². The SMILES string of the molecule is COc1ccc(C(=O)O)cc1Nc1cc(C(F)(F)F)nc(-c2cccnc2)n1. The summed E-state index contributed by atoms with van der Waals surface area (Å²) in [6.45, 7) is 0. The number of rotatable bonds is 5. The van der Waals surface area contributed by atoms with Gasteiger partial charge in [0.25, 0.3) is 0 Å². The topological polar surface area (TPSA) is 97.2 Å². The minimum Gasteiger partial charge on any atom is -0.495 e. The van der Waals surface area contributed by atoms with Crippen LogP contribution in [0.1, 0.15) is 16.1 Å². The molecule has 3 rings (SSSR count). The fraction of sp³-hybridized carbons (Fsp3) is 0.111. The van der Waals surface area contributed by atoms with Crippen molar-refractivity contribution in [2.24, 2.45) is 0 Å². The van der Waals surface area contributed by atoms with Crippen LogP contribution in [0.25, 0.3) is 11.4 Å². The monoisotopic (exact) mass is 390 g/mol. The molecule has 0 atom stereocenters. The van der Waals surface area contributed by atoms with Crippen molar-refractivity contribution in [2.75, 3.05) is 12.4 Å². The number of methoxy groups -OCH3 is 1. The lowest BCUT2D eigenvalue weighted by molar-refractivity contribution is -0.141. The molecule has 10 heteroatoms. The largest absolute Gasteiger partial charge is 0.495 e. The first-order chi connectivity index (χ1) is 13.3. The Bertz CT molecular complexity index is 1010. The van der Waals surface area contributed by atoms with Crippen LogP contribution in [0.4, 0.5) is 24.7 Å². The summed E-state index contributed by atoms with van der Waals surface area (Å²) in [5, 5.41) is 11.8. The zero-order chi connectivity index (χ0) is 20.3. The van der Waals surface area contributed by atoms with E-state index in [2.05, 4.69) is 20.3 Å². The Balaban J connectivity index is 2.09. The van der Waals surface area contributed by atoms with Gasteiger partial charge in [0.15, 0.2) is 11.5 Å². The van der Waals surface area contributed by atoms with Gasteiger partial charge < -0.3 is 15.2 Å². The van der Waals surface area contributed by atoms with Crippen LogP contribution in [-0.2, 0) is 6.18 Å². The molecule has 0 radical (unpaired) electrons. The zero-order valence-electron chi connectivity index (χ0n) is 14.4. The number of anilines is 2. The predicted molar refractivity (Wildman–Crippen MR) is 93.5 cm³/mol. The van der Waals surface area contributed by atoms with Crippen LogP contribution >= 0.6 is 0 Å². The maximum Gasteiger partial charge on any atom is 0.433 e. The molecule has 28 heavy (non-hydrogen) atoms. The maximum absolute atomic E-state index is 13.3. The first kappa shape index (κ1) is 19.1. The molecule has 144 valence electrons. The number of carboxylic acid groups (broad SMARTS) is 1. The first-order valence-corrected chi connectivity index (χ1v) is 7.83. The summed E-state index contributed by atoms with van der Waals surface area (Å²) in [5.41, 5.74) is -0.785. The Morgan fingerprint density at radius 1 is 1.18 bits per heavy atom. The highest BCUT2D eigenvalue weighted by atomic mass is 19.4. The second-order valence-electron chi connectivity index (χ2n) is 5.55. The lowest BCUT2D eigenvalue weighted by atomic mass is 10.2. The number of benzene rings is 1. The number of halogens is 3. The number of aromatic carboxylic acids is 1. The molecule has 0 aliphatic carbocycles. The number of nitrogens with one attached hydrogen (secondary N) is 1. The third-order valence-corrected chi connectivity index (χ3v) is 3.65. The number of aromatic nitrogens is 3. The van der Waals surface area contributed by atoms with E-state index in [1.54, 1.807) is 6.07 Å². The quantitative estimate of drug-likeness (QED) is 0.679. The van der Waals surface area contributed by atoms with Gasteiger partial charge in [-0.05, 0) is 30.3 Å². The highest BCUT2D eigenvalue weighted by Crippen LogP contribution is 2.33. The number of hydrogen-bond acceptors (Lipinski definition) is 6. The zero-order valence-corrected chi connectivity index (χ0v) is 14.4. The molecule has 0 aliphatic heterocycles. The predicted octanol–water partition coefficient (Wildman–Crippen LogP) is 4.01. The van der Waals surface area contributed by atoms with E-state index in [1.807, 2.05) is 0 Å². The van der Waals surface area contributed by atoms with E-state index in [9.17, 15) is 18.0 Å². The number of carbonyl (C=O) groups is 1. The van der Waals surface area contributed by atoms with Gasteiger partial charge in [0.05, 0.1) is 18.4 Å². The lowest BCUT2D eigenvalue weighted by Crippen LogP contribution is -2.11. The summed E-state index contributed by atoms with van der Waals surface area (Å²) >= 11 is 0. The van der Waals surface area contributed by atoms with Crippen LogP contribution < -0.4 is 10.1 Å².